The zero-order chi connectivity index (χ0) is 9.84. The lowest BCUT2D eigenvalue weighted by Gasteiger charge is -2.04. The first-order chi connectivity index (χ1) is 6.15. The molecule has 0 spiro atoms. The quantitative estimate of drug-likeness (QED) is 0.671. The summed E-state index contributed by atoms with van der Waals surface area (Å²) in [6, 6.07) is 5.45. The van der Waals surface area contributed by atoms with E-state index in [1.54, 1.807) is 6.07 Å². The van der Waals surface area contributed by atoms with Crippen LogP contribution < -0.4 is 5.73 Å². The molecule has 0 heterocycles. The number of nitrogens with two attached hydrogens (primary N) is 1. The third kappa shape index (κ3) is 2.71. The van der Waals surface area contributed by atoms with E-state index in [0.717, 1.165) is 10.0 Å². The monoisotopic (exact) mass is 261 g/mol. The van der Waals surface area contributed by atoms with Gasteiger partial charge in [0.2, 0.25) is 0 Å². The van der Waals surface area contributed by atoms with E-state index in [9.17, 15) is 4.79 Å². The Balaban J connectivity index is 2.89. The lowest BCUT2D eigenvalue weighted by atomic mass is 10.1. The van der Waals surface area contributed by atoms with Crippen molar-refractivity contribution in [3.05, 3.63) is 28.2 Å². The molecule has 2 nitrogen and oxygen atoms in total. The molecule has 1 aromatic rings. The molecule has 0 aromatic heterocycles. The average Bonchev–Trinajstić information content (AvgIpc) is 2.13. The van der Waals surface area contributed by atoms with E-state index < -0.39 is 0 Å². The van der Waals surface area contributed by atoms with Crippen molar-refractivity contribution in [2.45, 2.75) is 6.42 Å². The van der Waals surface area contributed by atoms with Crippen molar-refractivity contribution in [3.8, 4) is 0 Å². The van der Waals surface area contributed by atoms with Gasteiger partial charge in [-0.25, -0.2) is 0 Å². The third-order valence-corrected chi connectivity index (χ3v) is 2.91. The molecule has 4 heteroatoms. The van der Waals surface area contributed by atoms with Crippen LogP contribution in [0.25, 0.3) is 0 Å². The first-order valence-corrected chi connectivity index (χ1v) is 5.08. The number of carbonyl (C=O) groups is 1. The second kappa shape index (κ2) is 4.63. The fourth-order valence-electron chi connectivity index (χ4n) is 0.996. The molecule has 0 aliphatic carbocycles. The van der Waals surface area contributed by atoms with Gasteiger partial charge in [0.25, 0.3) is 0 Å². The molecule has 0 atom stereocenters. The SMILES string of the molecule is Nc1cccc(CC(=O)CCl)c1Br. The molecule has 0 saturated carbocycles. The van der Waals surface area contributed by atoms with Gasteiger partial charge in [0, 0.05) is 16.6 Å². The molecule has 0 radical (unpaired) electrons. The highest BCUT2D eigenvalue weighted by atomic mass is 79.9. The number of ketones is 1. The molecule has 0 aliphatic rings. The number of hydrogen-bond donors (Lipinski definition) is 1. The first-order valence-electron chi connectivity index (χ1n) is 3.75. The van der Waals surface area contributed by atoms with Crippen LogP contribution in [0.3, 0.4) is 0 Å². The highest BCUT2D eigenvalue weighted by Gasteiger charge is 2.06. The number of Topliss-reactive ketones (excluding diaryl/α,β-unsaturated/α-hetero) is 1. The predicted octanol–water partition coefficient (Wildman–Crippen LogP) is 2.38. The topological polar surface area (TPSA) is 43.1 Å². The molecule has 1 rings (SSSR count). The number of alkyl halides is 1. The molecular formula is C9H9BrClNO. The zero-order valence-corrected chi connectivity index (χ0v) is 9.23. The van der Waals surface area contributed by atoms with Crippen LogP contribution in [0.15, 0.2) is 22.7 Å². The Morgan fingerprint density at radius 2 is 2.23 bits per heavy atom. The fourth-order valence-corrected chi connectivity index (χ4v) is 1.49. The van der Waals surface area contributed by atoms with E-state index in [1.165, 1.54) is 0 Å². The number of halogens is 2. The van der Waals surface area contributed by atoms with Crippen LogP contribution in [0.1, 0.15) is 5.56 Å². The second-order valence-electron chi connectivity index (χ2n) is 2.67. The van der Waals surface area contributed by atoms with Gasteiger partial charge in [0.15, 0.2) is 5.78 Å². The highest BCUT2D eigenvalue weighted by molar-refractivity contribution is 9.10. The molecule has 2 N–H and O–H groups in total. The average molecular weight is 263 g/mol. The summed E-state index contributed by atoms with van der Waals surface area (Å²) in [5.41, 5.74) is 7.17. The minimum atomic E-state index is -0.00651. The van der Waals surface area contributed by atoms with Crippen LogP contribution in [0, 0.1) is 0 Å². The van der Waals surface area contributed by atoms with Gasteiger partial charge < -0.3 is 5.73 Å². The van der Waals surface area contributed by atoms with E-state index in [2.05, 4.69) is 15.9 Å². The van der Waals surface area contributed by atoms with E-state index in [-0.39, 0.29) is 11.7 Å². The standard InChI is InChI=1S/C9H9BrClNO/c10-9-6(4-7(13)5-11)2-1-3-8(9)12/h1-3H,4-5,12H2. The van der Waals surface area contributed by atoms with Gasteiger partial charge in [-0.1, -0.05) is 12.1 Å². The van der Waals surface area contributed by atoms with Crippen molar-refractivity contribution >= 4 is 39.0 Å². The lowest BCUT2D eigenvalue weighted by molar-refractivity contribution is -0.116. The van der Waals surface area contributed by atoms with Crippen molar-refractivity contribution in [3.63, 3.8) is 0 Å². The van der Waals surface area contributed by atoms with Gasteiger partial charge in [-0.3, -0.25) is 4.79 Å². The maximum Gasteiger partial charge on any atom is 0.151 e. The molecule has 13 heavy (non-hydrogen) atoms. The van der Waals surface area contributed by atoms with Crippen molar-refractivity contribution in [2.75, 3.05) is 11.6 Å². The van der Waals surface area contributed by atoms with Gasteiger partial charge in [-0.05, 0) is 27.6 Å². The van der Waals surface area contributed by atoms with Crippen LogP contribution in [0.5, 0.6) is 0 Å². The van der Waals surface area contributed by atoms with Gasteiger partial charge in [0.05, 0.1) is 5.88 Å². The molecule has 70 valence electrons. The summed E-state index contributed by atoms with van der Waals surface area (Å²) in [4.78, 5) is 11.1. The first kappa shape index (κ1) is 10.5. The van der Waals surface area contributed by atoms with Gasteiger partial charge >= 0.3 is 0 Å². The van der Waals surface area contributed by atoms with E-state index in [0.29, 0.717) is 12.1 Å². The van der Waals surface area contributed by atoms with E-state index in [1.807, 2.05) is 12.1 Å². The van der Waals surface area contributed by atoms with Crippen molar-refractivity contribution in [1.82, 2.24) is 0 Å². The number of benzene rings is 1. The molecule has 0 aliphatic heterocycles. The summed E-state index contributed by atoms with van der Waals surface area (Å²) in [5.74, 6) is 0.0364. The lowest BCUT2D eigenvalue weighted by Crippen LogP contribution is -2.05. The van der Waals surface area contributed by atoms with Gasteiger partial charge in [-0.2, -0.15) is 0 Å². The number of rotatable bonds is 3. The maximum atomic E-state index is 11.1. The van der Waals surface area contributed by atoms with Gasteiger partial charge in [-0.15, -0.1) is 11.6 Å². The van der Waals surface area contributed by atoms with Crippen LogP contribution in [0.4, 0.5) is 5.69 Å². The smallest absolute Gasteiger partial charge is 0.151 e. The van der Waals surface area contributed by atoms with Crippen LogP contribution in [0.2, 0.25) is 0 Å². The largest absolute Gasteiger partial charge is 0.398 e. The number of nitrogen functional groups attached to an aromatic ring is 1. The molecule has 0 fully saturated rings. The Hall–Kier alpha value is -0.540. The summed E-state index contributed by atoms with van der Waals surface area (Å²) in [5, 5.41) is 0. The molecule has 0 amide bonds. The molecule has 0 unspecified atom stereocenters. The predicted molar refractivity (Wildman–Crippen MR) is 58.0 cm³/mol. The Labute approximate surface area is 90.2 Å². The normalized spacial score (nSPS) is 10.0. The van der Waals surface area contributed by atoms with Crippen LogP contribution in [-0.2, 0) is 11.2 Å². The molecule has 0 saturated heterocycles. The van der Waals surface area contributed by atoms with Crippen molar-refractivity contribution in [1.29, 1.82) is 0 Å². The Morgan fingerprint density at radius 3 is 2.85 bits per heavy atom. The molecule has 0 bridgehead atoms. The number of anilines is 1. The Morgan fingerprint density at radius 1 is 1.54 bits per heavy atom. The summed E-state index contributed by atoms with van der Waals surface area (Å²) < 4.78 is 0.786. The number of carbonyl (C=O) groups excluding carboxylic acids is 1. The summed E-state index contributed by atoms with van der Waals surface area (Å²) in [7, 11) is 0. The minimum absolute atomic E-state index is 0.00651. The zero-order valence-electron chi connectivity index (χ0n) is 6.89. The fraction of sp³-hybridized carbons (Fsp3) is 0.222. The number of hydrogen-bond acceptors (Lipinski definition) is 2. The van der Waals surface area contributed by atoms with Crippen molar-refractivity contribution < 1.29 is 4.79 Å². The third-order valence-electron chi connectivity index (χ3n) is 1.65. The maximum absolute atomic E-state index is 11.1. The minimum Gasteiger partial charge on any atom is -0.398 e. The van der Waals surface area contributed by atoms with E-state index >= 15 is 0 Å². The van der Waals surface area contributed by atoms with E-state index in [4.69, 9.17) is 17.3 Å². The summed E-state index contributed by atoms with van der Waals surface area (Å²) >= 11 is 8.72. The van der Waals surface area contributed by atoms with Crippen LogP contribution in [-0.4, -0.2) is 11.7 Å². The second-order valence-corrected chi connectivity index (χ2v) is 3.73. The van der Waals surface area contributed by atoms with Crippen LogP contribution >= 0.6 is 27.5 Å². The summed E-state index contributed by atoms with van der Waals surface area (Å²) in [6.45, 7) is 0. The summed E-state index contributed by atoms with van der Waals surface area (Å²) in [6.07, 6.45) is 0.328. The Bertz CT molecular complexity index is 327. The van der Waals surface area contributed by atoms with Crippen molar-refractivity contribution in [2.24, 2.45) is 0 Å². The molecular weight excluding hydrogens is 253 g/mol. The molecule has 1 aromatic carbocycles. The highest BCUT2D eigenvalue weighted by Crippen LogP contribution is 2.24. The van der Waals surface area contributed by atoms with Gasteiger partial charge in [0.1, 0.15) is 0 Å². The Kier molecular flexibility index (Phi) is 3.75.